The Morgan fingerprint density at radius 1 is 1.20 bits per heavy atom. The summed E-state index contributed by atoms with van der Waals surface area (Å²) in [4.78, 5) is 4.12. The van der Waals surface area contributed by atoms with Crippen LogP contribution in [-0.4, -0.2) is 21.8 Å². The first kappa shape index (κ1) is 8.85. The number of ether oxygens (including phenoxy) is 1. The minimum absolute atomic E-state index is 0.180. The summed E-state index contributed by atoms with van der Waals surface area (Å²) in [6.45, 7) is 0.771. The van der Waals surface area contributed by atoms with Crippen molar-refractivity contribution in [2.45, 2.75) is 12.8 Å². The molecule has 3 rings (SSSR count). The summed E-state index contributed by atoms with van der Waals surface area (Å²) in [6.07, 6.45) is 2.07. The number of halogens is 1. The van der Waals surface area contributed by atoms with Crippen LogP contribution in [0.4, 0.5) is 0 Å². The van der Waals surface area contributed by atoms with Crippen molar-refractivity contribution in [3.63, 3.8) is 0 Å². The SMILES string of the molecule is Clc1nnc2cc3c(cc2n1)CCCO3. The molecule has 0 fully saturated rings. The van der Waals surface area contributed by atoms with Gasteiger partial charge in [-0.25, -0.2) is 4.98 Å². The monoisotopic (exact) mass is 221 g/mol. The molecule has 2 aromatic rings. The minimum Gasteiger partial charge on any atom is -0.493 e. The Bertz CT molecular complexity index is 529. The fourth-order valence-corrected chi connectivity index (χ4v) is 1.89. The molecule has 0 unspecified atom stereocenters. The van der Waals surface area contributed by atoms with Gasteiger partial charge in [-0.15, -0.1) is 10.2 Å². The van der Waals surface area contributed by atoms with Crippen molar-refractivity contribution >= 4 is 22.6 Å². The Morgan fingerprint density at radius 2 is 2.13 bits per heavy atom. The predicted octanol–water partition coefficient (Wildman–Crippen LogP) is 2.00. The Morgan fingerprint density at radius 3 is 3.07 bits per heavy atom. The maximum Gasteiger partial charge on any atom is 0.243 e. The third-order valence-corrected chi connectivity index (χ3v) is 2.62. The lowest BCUT2D eigenvalue weighted by molar-refractivity contribution is 0.289. The first-order valence-corrected chi connectivity index (χ1v) is 5.16. The first-order valence-electron chi connectivity index (χ1n) is 4.78. The van der Waals surface area contributed by atoms with Gasteiger partial charge in [-0.1, -0.05) is 0 Å². The van der Waals surface area contributed by atoms with Gasteiger partial charge in [0.05, 0.1) is 12.1 Å². The highest BCUT2D eigenvalue weighted by atomic mass is 35.5. The Kier molecular flexibility index (Phi) is 1.95. The van der Waals surface area contributed by atoms with E-state index >= 15 is 0 Å². The van der Waals surface area contributed by atoms with E-state index in [1.165, 1.54) is 5.56 Å². The number of benzene rings is 1. The van der Waals surface area contributed by atoms with Crippen molar-refractivity contribution in [3.05, 3.63) is 23.0 Å². The fraction of sp³-hybridized carbons (Fsp3) is 0.300. The van der Waals surface area contributed by atoms with E-state index in [4.69, 9.17) is 16.3 Å². The molecule has 0 atom stereocenters. The summed E-state index contributed by atoms with van der Waals surface area (Å²) >= 11 is 5.69. The van der Waals surface area contributed by atoms with Crippen LogP contribution >= 0.6 is 11.6 Å². The van der Waals surface area contributed by atoms with E-state index < -0.39 is 0 Å². The summed E-state index contributed by atoms with van der Waals surface area (Å²) in [5, 5.41) is 7.85. The Balaban J connectivity index is 2.26. The number of fused-ring (bicyclic) bond motifs is 2. The second kappa shape index (κ2) is 3.31. The van der Waals surface area contributed by atoms with Crippen molar-refractivity contribution < 1.29 is 4.74 Å². The van der Waals surface area contributed by atoms with Crippen molar-refractivity contribution in [2.24, 2.45) is 0 Å². The molecule has 1 aliphatic heterocycles. The zero-order valence-electron chi connectivity index (χ0n) is 7.90. The zero-order chi connectivity index (χ0) is 10.3. The normalized spacial score (nSPS) is 14.7. The first-order chi connectivity index (χ1) is 7.33. The van der Waals surface area contributed by atoms with E-state index in [1.807, 2.05) is 12.1 Å². The molecule has 0 saturated heterocycles. The minimum atomic E-state index is 0.180. The molecule has 1 aromatic carbocycles. The molecule has 0 amide bonds. The lowest BCUT2D eigenvalue weighted by atomic mass is 10.1. The predicted molar refractivity (Wildman–Crippen MR) is 56.2 cm³/mol. The van der Waals surface area contributed by atoms with E-state index in [2.05, 4.69) is 15.2 Å². The highest BCUT2D eigenvalue weighted by Gasteiger charge is 2.12. The summed E-state index contributed by atoms with van der Waals surface area (Å²) in [7, 11) is 0. The maximum absolute atomic E-state index is 5.69. The van der Waals surface area contributed by atoms with Crippen molar-refractivity contribution in [1.29, 1.82) is 0 Å². The molecular weight excluding hydrogens is 214 g/mol. The standard InChI is InChI=1S/C10H8ClN3O/c11-10-12-7-4-6-2-1-3-15-9(6)5-8(7)13-14-10/h4-5H,1-3H2. The smallest absolute Gasteiger partial charge is 0.243 e. The van der Waals surface area contributed by atoms with Crippen molar-refractivity contribution in [2.75, 3.05) is 6.61 Å². The Hall–Kier alpha value is -1.42. The van der Waals surface area contributed by atoms with E-state index in [1.54, 1.807) is 0 Å². The molecule has 2 heterocycles. The van der Waals surface area contributed by atoms with Crippen LogP contribution in [0.15, 0.2) is 12.1 Å². The molecule has 0 aliphatic carbocycles. The van der Waals surface area contributed by atoms with Crippen LogP contribution < -0.4 is 4.74 Å². The molecule has 15 heavy (non-hydrogen) atoms. The number of aryl methyl sites for hydroxylation is 1. The van der Waals surface area contributed by atoms with Crippen molar-refractivity contribution in [1.82, 2.24) is 15.2 Å². The van der Waals surface area contributed by atoms with Crippen LogP contribution in [0, 0.1) is 0 Å². The zero-order valence-corrected chi connectivity index (χ0v) is 8.66. The molecule has 0 spiro atoms. The number of rotatable bonds is 0. The van der Waals surface area contributed by atoms with Gasteiger partial charge in [-0.3, -0.25) is 0 Å². The maximum atomic E-state index is 5.69. The number of hydrogen-bond acceptors (Lipinski definition) is 4. The summed E-state index contributed by atoms with van der Waals surface area (Å²) < 4.78 is 5.53. The van der Waals surface area contributed by atoms with Gasteiger partial charge >= 0.3 is 0 Å². The van der Waals surface area contributed by atoms with Gasteiger partial charge in [0, 0.05) is 6.07 Å². The summed E-state index contributed by atoms with van der Waals surface area (Å²) in [5.74, 6) is 0.896. The van der Waals surface area contributed by atoms with Crippen molar-refractivity contribution in [3.8, 4) is 5.75 Å². The van der Waals surface area contributed by atoms with Gasteiger partial charge in [-0.05, 0) is 36.1 Å². The van der Waals surface area contributed by atoms with Gasteiger partial charge in [-0.2, -0.15) is 0 Å². The van der Waals surface area contributed by atoms with E-state index in [0.29, 0.717) is 0 Å². The molecule has 0 N–H and O–H groups in total. The van der Waals surface area contributed by atoms with Crippen LogP contribution in [0.5, 0.6) is 5.75 Å². The third kappa shape index (κ3) is 1.51. The van der Waals surface area contributed by atoms with Gasteiger partial charge in [0.1, 0.15) is 11.3 Å². The average molecular weight is 222 g/mol. The van der Waals surface area contributed by atoms with E-state index in [9.17, 15) is 0 Å². The highest BCUT2D eigenvalue weighted by Crippen LogP contribution is 2.28. The van der Waals surface area contributed by atoms with Crippen LogP contribution in [0.1, 0.15) is 12.0 Å². The molecular formula is C10H8ClN3O. The largest absolute Gasteiger partial charge is 0.493 e. The van der Waals surface area contributed by atoms with Gasteiger partial charge in [0.2, 0.25) is 5.28 Å². The van der Waals surface area contributed by atoms with Crippen LogP contribution in [0.3, 0.4) is 0 Å². The number of aromatic nitrogens is 3. The molecule has 0 saturated carbocycles. The lowest BCUT2D eigenvalue weighted by Gasteiger charge is -2.16. The lowest BCUT2D eigenvalue weighted by Crippen LogP contribution is -2.08. The van der Waals surface area contributed by atoms with Gasteiger partial charge in [0.25, 0.3) is 0 Å². The van der Waals surface area contributed by atoms with Crippen LogP contribution in [0.25, 0.3) is 11.0 Å². The molecule has 1 aromatic heterocycles. The van der Waals surface area contributed by atoms with E-state index in [0.717, 1.165) is 36.2 Å². The Labute approximate surface area is 91.2 Å². The molecule has 5 heteroatoms. The molecule has 4 nitrogen and oxygen atoms in total. The molecule has 0 bridgehead atoms. The quantitative estimate of drug-likeness (QED) is 0.683. The summed E-state index contributed by atoms with van der Waals surface area (Å²) in [5.41, 5.74) is 2.67. The average Bonchev–Trinajstić information content (AvgIpc) is 2.26. The number of nitrogens with zero attached hydrogens (tertiary/aromatic N) is 3. The topological polar surface area (TPSA) is 47.9 Å². The molecule has 0 radical (unpaired) electrons. The number of hydrogen-bond donors (Lipinski definition) is 0. The highest BCUT2D eigenvalue weighted by molar-refractivity contribution is 6.28. The second-order valence-corrected chi connectivity index (χ2v) is 3.82. The molecule has 76 valence electrons. The summed E-state index contributed by atoms with van der Waals surface area (Å²) in [6, 6.07) is 3.85. The van der Waals surface area contributed by atoms with E-state index in [-0.39, 0.29) is 5.28 Å². The van der Waals surface area contributed by atoms with Gasteiger partial charge < -0.3 is 4.74 Å². The third-order valence-electron chi connectivity index (χ3n) is 2.46. The fourth-order valence-electron chi connectivity index (χ4n) is 1.76. The molecule has 1 aliphatic rings. The second-order valence-electron chi connectivity index (χ2n) is 3.48. The van der Waals surface area contributed by atoms with Gasteiger partial charge in [0.15, 0.2) is 0 Å². The van der Waals surface area contributed by atoms with Crippen LogP contribution in [-0.2, 0) is 6.42 Å². The van der Waals surface area contributed by atoms with Crippen LogP contribution in [0.2, 0.25) is 5.28 Å².